The smallest absolute Gasteiger partial charge is 1.00 e. The number of hydrogen-bond donors (Lipinski definition) is 0. The van der Waals surface area contributed by atoms with E-state index in [2.05, 4.69) is 238 Å². The Balaban J connectivity index is 0.00000782. The van der Waals surface area contributed by atoms with Crippen LogP contribution in [0, 0.1) is 0 Å². The van der Waals surface area contributed by atoms with Crippen LogP contribution in [0.1, 0.15) is 203 Å². The Labute approximate surface area is 467 Å². The van der Waals surface area contributed by atoms with Gasteiger partial charge in [-0.3, -0.25) is 0 Å². The Hall–Kier alpha value is -3.34. The van der Waals surface area contributed by atoms with Crippen LogP contribution >= 0.6 is 0 Å². The molecule has 7 rings (SSSR count). The third kappa shape index (κ3) is 11.5. The molecular weight excluding hydrogens is 927 g/mol. The van der Waals surface area contributed by atoms with E-state index < -0.39 is 15.3 Å². The van der Waals surface area contributed by atoms with Crippen molar-refractivity contribution in [1.29, 1.82) is 0 Å². The van der Waals surface area contributed by atoms with E-state index >= 15 is 0 Å². The van der Waals surface area contributed by atoms with Crippen LogP contribution in [-0.2, 0) is 0 Å². The van der Waals surface area contributed by atoms with E-state index in [0.717, 1.165) is 26.7 Å². The van der Waals surface area contributed by atoms with Gasteiger partial charge in [-0.1, -0.05) is 0 Å². The van der Waals surface area contributed by atoms with E-state index in [-0.39, 0.29) is 51.4 Å². The van der Waals surface area contributed by atoms with Crippen molar-refractivity contribution in [2.24, 2.45) is 0 Å². The average Bonchev–Trinajstić information content (AvgIpc) is 3.32. The largest absolute Gasteiger partial charge is 1.00 e. The quantitative estimate of drug-likeness (QED) is 0.0939. The molecule has 0 spiro atoms. The van der Waals surface area contributed by atoms with Crippen LogP contribution < -0.4 is 60.0 Å². The molecule has 0 fully saturated rings. The van der Waals surface area contributed by atoms with Crippen LogP contribution in [0.25, 0.3) is 66.8 Å². The molecule has 0 saturated carbocycles. The molecule has 0 radical (unpaired) electrons. The maximum absolute atomic E-state index is 14.3. The maximum Gasteiger partial charge on any atom is 1.00 e. The first kappa shape index (κ1) is 55.0. The normalized spacial score (nSPS) is 12.0. The summed E-state index contributed by atoms with van der Waals surface area (Å²) in [5.41, 5.74) is 25.3. The summed E-state index contributed by atoms with van der Waals surface area (Å²) < 4.78 is 15.2. The minimum absolute atomic E-state index is 0. The van der Waals surface area contributed by atoms with Gasteiger partial charge in [0.05, 0.1) is 0 Å². The molecule has 7 aromatic rings. The van der Waals surface area contributed by atoms with Gasteiger partial charge >= 0.3 is 472 Å². The van der Waals surface area contributed by atoms with Gasteiger partial charge in [-0.25, -0.2) is 0 Å². The van der Waals surface area contributed by atoms with Gasteiger partial charge < -0.3 is 0 Å². The summed E-state index contributed by atoms with van der Waals surface area (Å²) in [4.78, 5) is 0. The zero-order valence-electron chi connectivity index (χ0n) is 45.1. The van der Waals surface area contributed by atoms with Crippen LogP contribution in [0.4, 0.5) is 0 Å². The molecule has 0 aliphatic heterocycles. The van der Waals surface area contributed by atoms with Crippen molar-refractivity contribution >= 4 is 19.7 Å². The molecule has 0 aliphatic rings. The summed E-state index contributed by atoms with van der Waals surface area (Å²) in [7, 11) is 0. The topological polar surface area (TPSA) is 23.1 Å². The van der Waals surface area contributed by atoms with Crippen molar-refractivity contribution in [3.63, 3.8) is 0 Å². The molecule has 1 nitrogen and oxygen atoms in total. The van der Waals surface area contributed by atoms with Gasteiger partial charge in [0.2, 0.25) is 0 Å². The third-order valence-electron chi connectivity index (χ3n) is 14.2. The predicted molar refractivity (Wildman–Crippen MR) is 297 cm³/mol. The molecule has 354 valence electrons. The standard InChI is InChI=1S/C66H78OSe.K/c1-38(2)52-22-17-23-53(39(3)4)62(52)48-32-46(33-49(36-48)63-54(40(5)6)24-18-25-55(63)41(7)8)60-30-21-31-61(66(60)68-67)47-34-50(64-56(42(9)10)26-19-27-57(64)43(11)12)37-51(35-47)65-58(44(13)14)28-20-29-59(65)45(15)16;/h17-45,67H,1-16H3;/q;+1/p-1. The second-order valence-electron chi connectivity index (χ2n) is 21.8. The minimum atomic E-state index is -1.08. The summed E-state index contributed by atoms with van der Waals surface area (Å²) in [6.45, 7) is 37.0. The maximum atomic E-state index is 14.3. The first-order valence-electron chi connectivity index (χ1n) is 25.6. The van der Waals surface area contributed by atoms with E-state index in [1.807, 2.05) is 0 Å². The second-order valence-corrected chi connectivity index (χ2v) is 23.1. The molecule has 0 aromatic heterocycles. The van der Waals surface area contributed by atoms with E-state index in [1.54, 1.807) is 0 Å². The summed E-state index contributed by atoms with van der Waals surface area (Å²) in [6, 6.07) is 48.7. The Morgan fingerprint density at radius 3 is 0.623 bits per heavy atom. The average molecular weight is 1000 g/mol. The second kappa shape index (κ2) is 23.5. The van der Waals surface area contributed by atoms with Crippen LogP contribution in [0.3, 0.4) is 0 Å². The zero-order chi connectivity index (χ0) is 49.3. The van der Waals surface area contributed by atoms with Crippen molar-refractivity contribution in [1.82, 2.24) is 0 Å². The summed E-state index contributed by atoms with van der Waals surface area (Å²) >= 11 is -1.08. The third-order valence-corrected chi connectivity index (χ3v) is 15.5. The fraction of sp³-hybridized carbons (Fsp3) is 0.364. The van der Waals surface area contributed by atoms with Crippen molar-refractivity contribution in [3.05, 3.63) is 172 Å². The summed E-state index contributed by atoms with van der Waals surface area (Å²) in [5.74, 6) is 2.70. The first-order chi connectivity index (χ1) is 32.3. The van der Waals surface area contributed by atoms with Gasteiger partial charge in [0, 0.05) is 0 Å². The van der Waals surface area contributed by atoms with Gasteiger partial charge in [0.15, 0.2) is 0 Å². The molecule has 0 N–H and O–H groups in total. The fourth-order valence-electron chi connectivity index (χ4n) is 10.8. The van der Waals surface area contributed by atoms with Crippen molar-refractivity contribution < 1.29 is 55.6 Å². The van der Waals surface area contributed by atoms with Crippen LogP contribution in [0.15, 0.2) is 127 Å². The molecule has 69 heavy (non-hydrogen) atoms. The Bertz CT molecular complexity index is 2450. The van der Waals surface area contributed by atoms with Crippen LogP contribution in [0.2, 0.25) is 0 Å². The van der Waals surface area contributed by atoms with Gasteiger partial charge in [0.1, 0.15) is 0 Å². The van der Waals surface area contributed by atoms with Crippen LogP contribution in [0.5, 0.6) is 0 Å². The molecule has 0 amide bonds. The van der Waals surface area contributed by atoms with Crippen LogP contribution in [-0.4, -0.2) is 15.3 Å². The molecule has 0 saturated heterocycles. The first-order valence-corrected chi connectivity index (χ1v) is 27.2. The Morgan fingerprint density at radius 2 is 0.449 bits per heavy atom. The molecule has 0 heterocycles. The van der Waals surface area contributed by atoms with E-state index in [9.17, 15) is 4.19 Å². The SMILES string of the molecule is CC(C)c1cccc(C(C)C)c1-c1cc(-c2cccc(-c3cc(-c4c(C(C)C)cccc4C(C)C)cc(-c4c(C(C)C)cccc4C(C)C)c3)c2[Se][O-])cc(-c2c(C(C)C)cccc2C(C)C)c1.[K+]. The molecule has 0 unspecified atom stereocenters. The Morgan fingerprint density at radius 1 is 0.275 bits per heavy atom. The van der Waals surface area contributed by atoms with E-state index in [4.69, 9.17) is 0 Å². The van der Waals surface area contributed by atoms with Crippen molar-refractivity contribution in [2.75, 3.05) is 0 Å². The molecule has 0 bridgehead atoms. The van der Waals surface area contributed by atoms with E-state index in [1.165, 1.54) is 89.0 Å². The predicted octanol–water partition coefficient (Wildman–Crippen LogP) is 15.3. The van der Waals surface area contributed by atoms with Gasteiger partial charge in [-0.2, -0.15) is 0 Å². The Kier molecular flexibility index (Phi) is 18.7. The molecule has 0 atom stereocenters. The molecule has 0 aliphatic carbocycles. The molecule has 3 heteroatoms. The number of rotatable bonds is 15. The number of hydrogen-bond acceptors (Lipinski definition) is 1. The summed E-state index contributed by atoms with van der Waals surface area (Å²) in [5, 5.41) is 0. The number of benzene rings is 7. The van der Waals surface area contributed by atoms with Gasteiger partial charge in [-0.05, 0) is 0 Å². The molecule has 7 aromatic carbocycles. The molecular formula is C66H77KOSe. The fourth-order valence-corrected chi connectivity index (χ4v) is 11.9. The minimum Gasteiger partial charge on any atom is 1.00 e. The zero-order valence-corrected chi connectivity index (χ0v) is 49.9. The van der Waals surface area contributed by atoms with Gasteiger partial charge in [-0.15, -0.1) is 0 Å². The van der Waals surface area contributed by atoms with Crippen molar-refractivity contribution in [2.45, 2.75) is 158 Å². The van der Waals surface area contributed by atoms with E-state index in [0.29, 0.717) is 47.3 Å². The monoisotopic (exact) mass is 1000 g/mol. The van der Waals surface area contributed by atoms with Gasteiger partial charge in [0.25, 0.3) is 0 Å². The van der Waals surface area contributed by atoms with Crippen molar-refractivity contribution in [3.8, 4) is 66.8 Å². The summed E-state index contributed by atoms with van der Waals surface area (Å²) in [6.07, 6.45) is 0.